The Morgan fingerprint density at radius 3 is 2.62 bits per heavy atom. The van der Waals surface area contributed by atoms with Crippen LogP contribution in [0.4, 0.5) is 14.6 Å². The molecule has 2 aromatic heterocycles. The molecule has 2 N–H and O–H groups in total. The van der Waals surface area contributed by atoms with Gasteiger partial charge in [0.05, 0.1) is 12.7 Å². The summed E-state index contributed by atoms with van der Waals surface area (Å²) < 4.78 is 33.9. The molecule has 4 aromatic rings. The van der Waals surface area contributed by atoms with Crippen molar-refractivity contribution >= 4 is 5.82 Å². The lowest BCUT2D eigenvalue weighted by Gasteiger charge is -2.08. The molecule has 0 saturated heterocycles. The van der Waals surface area contributed by atoms with Gasteiger partial charge in [0.15, 0.2) is 0 Å². The Kier molecular flexibility index (Phi) is 5.15. The number of anilines is 1. The highest BCUT2D eigenvalue weighted by molar-refractivity contribution is 5.69. The van der Waals surface area contributed by atoms with E-state index in [-0.39, 0.29) is 6.61 Å². The lowest BCUT2D eigenvalue weighted by Crippen LogP contribution is -2.01. The fourth-order valence-electron chi connectivity index (χ4n) is 2.81. The molecule has 0 radical (unpaired) electrons. The minimum Gasteiger partial charge on any atom is -0.489 e. The summed E-state index contributed by atoms with van der Waals surface area (Å²) >= 11 is 0. The average molecular weight is 393 g/mol. The van der Waals surface area contributed by atoms with E-state index in [1.54, 1.807) is 35.3 Å². The minimum atomic E-state index is -0.627. The maximum Gasteiger partial charge on any atom is 0.132 e. The van der Waals surface area contributed by atoms with E-state index in [4.69, 9.17) is 10.5 Å². The first-order valence-corrected chi connectivity index (χ1v) is 8.85. The van der Waals surface area contributed by atoms with Crippen LogP contribution < -0.4 is 10.5 Å². The van der Waals surface area contributed by atoms with Gasteiger partial charge in [0.25, 0.3) is 0 Å². The van der Waals surface area contributed by atoms with Crippen molar-refractivity contribution in [3.8, 4) is 17.0 Å². The number of hydrogen-bond acceptors (Lipinski definition) is 5. The van der Waals surface area contributed by atoms with Crippen LogP contribution in [0.1, 0.15) is 11.1 Å². The molecular weight excluding hydrogens is 376 g/mol. The standard InChI is InChI=1S/C21H17F2N5O/c22-16-6-5-15(19(23)10-16)13-29-17-7-3-14(4-8-17)11-28-12-20(26-27-28)18-2-1-9-25-21(18)24/h1-10,12H,11,13H2,(H2,24,25). The molecule has 0 aliphatic rings. The Hall–Kier alpha value is -3.81. The number of benzene rings is 2. The van der Waals surface area contributed by atoms with Gasteiger partial charge < -0.3 is 10.5 Å². The highest BCUT2D eigenvalue weighted by Crippen LogP contribution is 2.21. The molecule has 0 bridgehead atoms. The van der Waals surface area contributed by atoms with Crippen LogP contribution >= 0.6 is 0 Å². The first kappa shape index (κ1) is 18.5. The van der Waals surface area contributed by atoms with Crippen molar-refractivity contribution in [3.63, 3.8) is 0 Å². The number of halogens is 2. The number of nitrogen functional groups attached to an aromatic ring is 1. The second-order valence-corrected chi connectivity index (χ2v) is 6.41. The van der Waals surface area contributed by atoms with E-state index in [0.717, 1.165) is 17.2 Å². The van der Waals surface area contributed by atoms with Crippen molar-refractivity contribution < 1.29 is 13.5 Å². The second-order valence-electron chi connectivity index (χ2n) is 6.41. The fraction of sp³-hybridized carbons (Fsp3) is 0.0952. The molecule has 8 heteroatoms. The van der Waals surface area contributed by atoms with Crippen LogP contribution in [0.3, 0.4) is 0 Å². The van der Waals surface area contributed by atoms with Gasteiger partial charge in [-0.05, 0) is 42.0 Å². The number of nitrogens with two attached hydrogens (primary N) is 1. The number of hydrogen-bond donors (Lipinski definition) is 1. The summed E-state index contributed by atoms with van der Waals surface area (Å²) in [5.74, 6) is -0.255. The molecule has 0 atom stereocenters. The summed E-state index contributed by atoms with van der Waals surface area (Å²) in [4.78, 5) is 4.05. The lowest BCUT2D eigenvalue weighted by atomic mass is 10.2. The van der Waals surface area contributed by atoms with Crippen LogP contribution in [0.5, 0.6) is 5.75 Å². The van der Waals surface area contributed by atoms with E-state index in [1.807, 2.05) is 18.2 Å². The van der Waals surface area contributed by atoms with E-state index in [0.29, 0.717) is 29.4 Å². The monoisotopic (exact) mass is 393 g/mol. The van der Waals surface area contributed by atoms with Crippen molar-refractivity contribution in [1.82, 2.24) is 20.0 Å². The molecule has 0 fully saturated rings. The first-order valence-electron chi connectivity index (χ1n) is 8.85. The summed E-state index contributed by atoms with van der Waals surface area (Å²) in [5, 5.41) is 8.27. The minimum absolute atomic E-state index is 0.0183. The Bertz CT molecular complexity index is 1130. The van der Waals surface area contributed by atoms with E-state index in [9.17, 15) is 8.78 Å². The van der Waals surface area contributed by atoms with Crippen molar-refractivity contribution in [1.29, 1.82) is 0 Å². The third-order valence-electron chi connectivity index (χ3n) is 4.33. The molecule has 146 valence electrons. The molecule has 29 heavy (non-hydrogen) atoms. The predicted octanol–water partition coefficient (Wildman–Crippen LogP) is 3.83. The van der Waals surface area contributed by atoms with Gasteiger partial charge in [-0.3, -0.25) is 0 Å². The smallest absolute Gasteiger partial charge is 0.132 e. The van der Waals surface area contributed by atoms with Gasteiger partial charge in [0.2, 0.25) is 0 Å². The van der Waals surface area contributed by atoms with E-state index < -0.39 is 11.6 Å². The topological polar surface area (TPSA) is 78.8 Å². The van der Waals surface area contributed by atoms with Gasteiger partial charge in [-0.2, -0.15) is 0 Å². The zero-order chi connectivity index (χ0) is 20.2. The Morgan fingerprint density at radius 1 is 1.03 bits per heavy atom. The summed E-state index contributed by atoms with van der Waals surface area (Å²) in [7, 11) is 0. The Labute approximate surface area is 165 Å². The van der Waals surface area contributed by atoms with Crippen molar-refractivity contribution in [2.75, 3.05) is 5.73 Å². The van der Waals surface area contributed by atoms with Gasteiger partial charge >= 0.3 is 0 Å². The zero-order valence-corrected chi connectivity index (χ0v) is 15.3. The second kappa shape index (κ2) is 8.05. The Morgan fingerprint density at radius 2 is 1.86 bits per heavy atom. The summed E-state index contributed by atoms with van der Waals surface area (Å²) in [6.45, 7) is 0.532. The van der Waals surface area contributed by atoms with E-state index in [1.165, 1.54) is 12.1 Å². The number of aromatic nitrogens is 4. The molecule has 0 aliphatic carbocycles. The molecule has 0 amide bonds. The largest absolute Gasteiger partial charge is 0.489 e. The zero-order valence-electron chi connectivity index (χ0n) is 15.3. The molecule has 6 nitrogen and oxygen atoms in total. The fourth-order valence-corrected chi connectivity index (χ4v) is 2.81. The van der Waals surface area contributed by atoms with Gasteiger partial charge in [-0.15, -0.1) is 5.10 Å². The molecular formula is C21H17F2N5O. The number of pyridine rings is 1. The van der Waals surface area contributed by atoms with Crippen molar-refractivity contribution in [3.05, 3.63) is 89.8 Å². The SMILES string of the molecule is Nc1ncccc1-c1cn(Cc2ccc(OCc3ccc(F)cc3F)cc2)nn1. The highest BCUT2D eigenvalue weighted by atomic mass is 19.1. The summed E-state index contributed by atoms with van der Waals surface area (Å²) in [6.07, 6.45) is 3.42. The van der Waals surface area contributed by atoms with Crippen LogP contribution in [0, 0.1) is 11.6 Å². The van der Waals surface area contributed by atoms with Crippen molar-refractivity contribution in [2.45, 2.75) is 13.2 Å². The van der Waals surface area contributed by atoms with Gasteiger partial charge in [0, 0.05) is 23.4 Å². The van der Waals surface area contributed by atoms with Gasteiger partial charge in [-0.25, -0.2) is 18.4 Å². The Balaban J connectivity index is 1.39. The summed E-state index contributed by atoms with van der Waals surface area (Å²) in [5.41, 5.74) is 8.53. The molecule has 0 unspecified atom stereocenters. The van der Waals surface area contributed by atoms with Crippen LogP contribution in [0.2, 0.25) is 0 Å². The number of rotatable bonds is 6. The maximum absolute atomic E-state index is 13.7. The molecule has 0 aliphatic heterocycles. The molecule has 2 heterocycles. The normalized spacial score (nSPS) is 10.8. The highest BCUT2D eigenvalue weighted by Gasteiger charge is 2.09. The van der Waals surface area contributed by atoms with Crippen LogP contribution in [0.15, 0.2) is 67.0 Å². The molecule has 2 aromatic carbocycles. The molecule has 4 rings (SSSR count). The maximum atomic E-state index is 13.7. The lowest BCUT2D eigenvalue weighted by molar-refractivity contribution is 0.299. The molecule has 0 saturated carbocycles. The van der Waals surface area contributed by atoms with Crippen LogP contribution in [-0.2, 0) is 13.2 Å². The summed E-state index contributed by atoms with van der Waals surface area (Å²) in [6, 6.07) is 14.4. The number of nitrogens with zero attached hydrogens (tertiary/aromatic N) is 4. The third-order valence-corrected chi connectivity index (χ3v) is 4.33. The third kappa shape index (κ3) is 4.37. The number of ether oxygens (including phenoxy) is 1. The first-order chi connectivity index (χ1) is 14.1. The average Bonchev–Trinajstić information content (AvgIpc) is 3.17. The van der Waals surface area contributed by atoms with Crippen LogP contribution in [0.25, 0.3) is 11.3 Å². The van der Waals surface area contributed by atoms with E-state index in [2.05, 4.69) is 15.3 Å². The van der Waals surface area contributed by atoms with Crippen molar-refractivity contribution in [2.24, 2.45) is 0 Å². The van der Waals surface area contributed by atoms with E-state index >= 15 is 0 Å². The van der Waals surface area contributed by atoms with Gasteiger partial charge in [-0.1, -0.05) is 17.3 Å². The quantitative estimate of drug-likeness (QED) is 0.539. The molecule has 0 spiro atoms. The van der Waals surface area contributed by atoms with Crippen LogP contribution in [-0.4, -0.2) is 20.0 Å². The predicted molar refractivity (Wildman–Crippen MR) is 104 cm³/mol. The van der Waals surface area contributed by atoms with Gasteiger partial charge in [0.1, 0.15) is 35.5 Å².